The van der Waals surface area contributed by atoms with E-state index in [4.69, 9.17) is 67.4 Å². The number of ether oxygens (including phenoxy) is 12. The zero-order chi connectivity index (χ0) is 51.5. The number of nitrogens with zero attached hydrogens (tertiary/aromatic N) is 3. The molecule has 3 N–H and O–H groups in total. The van der Waals surface area contributed by atoms with E-state index in [1.165, 1.54) is 9.94 Å². The van der Waals surface area contributed by atoms with Gasteiger partial charge in [0, 0.05) is 49.6 Å². The molecule has 4 rings (SSSR count). The molecule has 1 aliphatic carbocycles. The Bertz CT molecular complexity index is 1700. The summed E-state index contributed by atoms with van der Waals surface area (Å²) >= 11 is 1.65. The molecule has 1 saturated carbocycles. The van der Waals surface area contributed by atoms with Gasteiger partial charge in [0.2, 0.25) is 0 Å². The predicted molar refractivity (Wildman–Crippen MR) is 271 cm³/mol. The highest BCUT2D eigenvalue weighted by Crippen LogP contribution is 2.37. The van der Waals surface area contributed by atoms with E-state index in [2.05, 4.69) is 21.3 Å². The molecule has 3 heterocycles. The van der Waals surface area contributed by atoms with Crippen LogP contribution in [0.3, 0.4) is 0 Å². The number of thiophene rings is 1. The zero-order valence-corrected chi connectivity index (χ0v) is 44.3. The maximum atomic E-state index is 13.6. The minimum Gasteiger partial charge on any atom is -0.460 e. The van der Waals surface area contributed by atoms with Gasteiger partial charge in [-0.15, -0.1) is 11.3 Å². The number of amides is 2. The highest BCUT2D eigenvalue weighted by atomic mass is 32.1. The molecule has 72 heavy (non-hydrogen) atoms. The van der Waals surface area contributed by atoms with Gasteiger partial charge >= 0.3 is 12.1 Å². The van der Waals surface area contributed by atoms with E-state index in [1.54, 1.807) is 11.3 Å². The number of hydrogen-bond acceptors (Lipinski definition) is 20. The largest absolute Gasteiger partial charge is 0.460 e. The van der Waals surface area contributed by atoms with Crippen LogP contribution >= 0.6 is 11.3 Å². The number of hydrogen-bond donors (Lipinski definition) is 2. The summed E-state index contributed by atoms with van der Waals surface area (Å²) in [6.45, 7) is 20.7. The van der Waals surface area contributed by atoms with Crippen LogP contribution in [0.1, 0.15) is 76.0 Å². The molecule has 0 bridgehead atoms. The van der Waals surface area contributed by atoms with Gasteiger partial charge in [0.05, 0.1) is 156 Å². The Balaban J connectivity index is 0.862. The smallest absolute Gasteiger partial charge is 0.407 e. The number of likely N-dealkylation sites (tertiary alicyclic amines) is 1. The number of esters is 1. The van der Waals surface area contributed by atoms with Crippen molar-refractivity contribution in [1.82, 2.24) is 15.3 Å². The van der Waals surface area contributed by atoms with E-state index in [0.717, 1.165) is 55.9 Å². The molecule has 0 aromatic carbocycles. The van der Waals surface area contributed by atoms with Gasteiger partial charge in [-0.3, -0.25) is 14.4 Å². The van der Waals surface area contributed by atoms with Crippen molar-refractivity contribution in [3.05, 3.63) is 21.4 Å². The van der Waals surface area contributed by atoms with Gasteiger partial charge in [0.25, 0.3) is 5.91 Å². The normalized spacial score (nSPS) is 15.3. The van der Waals surface area contributed by atoms with E-state index in [1.807, 2.05) is 33.8 Å². The number of carbonyl (C=O) groups excluding carboxylic acids is 3. The number of nitrogens with one attached hydrogen (secondary N) is 1. The topological polar surface area (TPSA) is 228 Å². The Morgan fingerprint density at radius 3 is 1.71 bits per heavy atom. The summed E-state index contributed by atoms with van der Waals surface area (Å²) in [5.74, 6) is 0.403. The number of amidine groups is 1. The van der Waals surface area contributed by atoms with E-state index >= 15 is 0 Å². The Morgan fingerprint density at radius 1 is 0.736 bits per heavy atom. The van der Waals surface area contributed by atoms with Crippen molar-refractivity contribution in [2.24, 2.45) is 16.6 Å². The molecule has 2 fully saturated rings. The van der Waals surface area contributed by atoms with Gasteiger partial charge in [-0.25, -0.2) is 14.9 Å². The predicted octanol–water partition coefficient (Wildman–Crippen LogP) is 4.34. The van der Waals surface area contributed by atoms with Crippen molar-refractivity contribution in [3.8, 4) is 0 Å². The number of carbonyl (C=O) groups is 3. The van der Waals surface area contributed by atoms with Gasteiger partial charge in [-0.2, -0.15) is 0 Å². The molecule has 0 atom stereocenters. The van der Waals surface area contributed by atoms with Crippen LogP contribution in [0.2, 0.25) is 0 Å². The highest BCUT2D eigenvalue weighted by molar-refractivity contribution is 7.13. The molecule has 3 aliphatic rings. The number of alkyl carbamates (subject to hydrolysis) is 1. The third-order valence-electron chi connectivity index (χ3n) is 10.9. The van der Waals surface area contributed by atoms with Gasteiger partial charge < -0.3 is 72.8 Å². The summed E-state index contributed by atoms with van der Waals surface area (Å²) in [5.41, 5.74) is 7.12. The summed E-state index contributed by atoms with van der Waals surface area (Å²) in [4.78, 5) is 52.2. The Hall–Kier alpha value is -3.36. The molecule has 412 valence electrons. The van der Waals surface area contributed by atoms with Crippen LogP contribution in [0.4, 0.5) is 10.5 Å². The average molecular weight is 1040 g/mol. The molecule has 22 heteroatoms. The van der Waals surface area contributed by atoms with Crippen LogP contribution in [-0.4, -0.2) is 217 Å². The van der Waals surface area contributed by atoms with Crippen LogP contribution in [-0.2, 0) is 77.7 Å². The van der Waals surface area contributed by atoms with E-state index in [-0.39, 0.29) is 44.0 Å². The maximum Gasteiger partial charge on any atom is 0.407 e. The Kier molecular flexibility index (Phi) is 31.8. The van der Waals surface area contributed by atoms with E-state index in [0.29, 0.717) is 162 Å². The van der Waals surface area contributed by atoms with Crippen LogP contribution in [0.15, 0.2) is 16.6 Å². The maximum absolute atomic E-state index is 13.6. The van der Waals surface area contributed by atoms with Crippen molar-refractivity contribution in [1.29, 1.82) is 0 Å². The van der Waals surface area contributed by atoms with Crippen molar-refractivity contribution in [2.45, 2.75) is 84.3 Å². The standard InChI is InChI=1S/C50H85N5O16S/c1-5-11-55(69-14-10-52-49(58)70-42-7-6-8-42)48(57)41-35-45-44(53-46(51)36-41)37-43(72-45)34-40-38-54(39-40)12-15-60-17-19-62-21-23-64-25-27-66-29-31-68-33-32-67-30-28-65-26-24-63-22-20-61-18-16-59-13-9-47(56)71-50(2,3)4/h35,37,40,42H,5-34,36,38-39H2,1-4H3,(H2,51,53)(H,52,58). The summed E-state index contributed by atoms with van der Waals surface area (Å²) in [6.07, 6.45) is 6.44. The third-order valence-corrected chi connectivity index (χ3v) is 12.0. The van der Waals surface area contributed by atoms with Crippen molar-refractivity contribution in [2.75, 3.05) is 171 Å². The quantitative estimate of drug-likeness (QED) is 0.0527. The van der Waals surface area contributed by atoms with E-state index < -0.39 is 11.7 Å². The molecule has 1 aromatic rings. The second-order valence-electron chi connectivity index (χ2n) is 18.3. The van der Waals surface area contributed by atoms with Crippen molar-refractivity contribution < 1.29 is 76.1 Å². The lowest BCUT2D eigenvalue weighted by Gasteiger charge is -2.39. The molecule has 2 aliphatic heterocycles. The van der Waals surface area contributed by atoms with Crippen LogP contribution in [0.5, 0.6) is 0 Å². The summed E-state index contributed by atoms with van der Waals surface area (Å²) in [6, 6.07) is 2.09. The fourth-order valence-electron chi connectivity index (χ4n) is 7.15. The summed E-state index contributed by atoms with van der Waals surface area (Å²) in [7, 11) is 0. The molecule has 1 saturated heterocycles. The summed E-state index contributed by atoms with van der Waals surface area (Å²) < 4.78 is 66.0. The third kappa shape index (κ3) is 28.3. The van der Waals surface area contributed by atoms with E-state index in [9.17, 15) is 14.4 Å². The lowest BCUT2D eigenvalue weighted by Crippen LogP contribution is -2.48. The minimum atomic E-state index is -0.483. The second kappa shape index (κ2) is 37.4. The molecule has 21 nitrogen and oxygen atoms in total. The molecule has 0 radical (unpaired) electrons. The highest BCUT2D eigenvalue weighted by Gasteiger charge is 2.29. The van der Waals surface area contributed by atoms with Gasteiger partial charge in [-0.1, -0.05) is 6.92 Å². The molecule has 2 amide bonds. The first kappa shape index (κ1) is 61.2. The second-order valence-corrected chi connectivity index (χ2v) is 19.5. The minimum absolute atomic E-state index is 0.00523. The lowest BCUT2D eigenvalue weighted by atomic mass is 9.95. The monoisotopic (exact) mass is 1040 g/mol. The molecule has 1 aromatic heterocycles. The molecule has 0 unspecified atom stereocenters. The van der Waals surface area contributed by atoms with Crippen molar-refractivity contribution >= 4 is 46.9 Å². The van der Waals surface area contributed by atoms with Crippen LogP contribution in [0.25, 0.3) is 6.08 Å². The van der Waals surface area contributed by atoms with Gasteiger partial charge in [-0.05, 0) is 70.9 Å². The number of hydroxylamine groups is 2. The van der Waals surface area contributed by atoms with Gasteiger partial charge in [0.1, 0.15) is 17.5 Å². The first-order valence-electron chi connectivity index (χ1n) is 25.8. The van der Waals surface area contributed by atoms with Gasteiger partial charge in [0.15, 0.2) is 0 Å². The number of nitrogens with two attached hydrogens (primary N) is 1. The fourth-order valence-corrected chi connectivity index (χ4v) is 8.33. The molecular formula is C50H85N5O16S. The Morgan fingerprint density at radius 2 is 1.24 bits per heavy atom. The fraction of sp³-hybridized carbons (Fsp3) is 0.800. The number of rotatable bonds is 43. The first-order valence-corrected chi connectivity index (χ1v) is 26.6. The number of fused-ring (bicyclic) bond motifs is 1. The Labute approximate surface area is 430 Å². The lowest BCUT2D eigenvalue weighted by molar-refractivity contribution is -0.181. The molecular weight excluding hydrogens is 959 g/mol. The summed E-state index contributed by atoms with van der Waals surface area (Å²) in [5, 5.41) is 4.05. The molecule has 0 spiro atoms. The average Bonchev–Trinajstić information content (AvgIpc) is 3.60. The number of aliphatic imine (C=N–C) groups is 1. The van der Waals surface area contributed by atoms with Crippen LogP contribution in [0, 0.1) is 5.92 Å². The first-order chi connectivity index (χ1) is 35.0. The SMILES string of the molecule is CCCN(OCCNC(=O)OC1CCC1)C(=O)C1=Cc2sc(CC3CN(CCOCCOCCOCCOCCOCCOCCOCCOCCOCCOCCC(=O)OC(C)(C)C)C3)cc2N=C(N)C1. The van der Waals surface area contributed by atoms with Crippen LogP contribution < -0.4 is 11.1 Å². The zero-order valence-electron chi connectivity index (χ0n) is 43.5. The van der Waals surface area contributed by atoms with Crippen molar-refractivity contribution in [3.63, 3.8) is 0 Å².